The number of pyridine rings is 1. The SMILES string of the molecule is CC(C)=CC(=O)N1CCCC[C@H]1c1nc(-c2ccc(C(=O)Nc3ccc(C)cn3)cc2)c(C(N)=O)n1N. The minimum Gasteiger partial charge on any atom is -0.364 e. The van der Waals surface area contributed by atoms with Crippen molar-refractivity contribution in [3.05, 3.63) is 76.9 Å². The Labute approximate surface area is 215 Å². The minimum atomic E-state index is -0.735. The fourth-order valence-corrected chi connectivity index (χ4v) is 4.43. The van der Waals surface area contributed by atoms with Gasteiger partial charge < -0.3 is 21.8 Å². The molecule has 192 valence electrons. The van der Waals surface area contributed by atoms with Crippen LogP contribution in [0.3, 0.4) is 0 Å². The number of nitrogens with zero attached hydrogens (tertiary/aromatic N) is 4. The lowest BCUT2D eigenvalue weighted by molar-refractivity contribution is -0.130. The summed E-state index contributed by atoms with van der Waals surface area (Å²) in [6.45, 7) is 6.22. The molecule has 1 saturated heterocycles. The zero-order chi connectivity index (χ0) is 26.7. The van der Waals surface area contributed by atoms with Gasteiger partial charge in [-0.2, -0.15) is 0 Å². The van der Waals surface area contributed by atoms with Crippen molar-refractivity contribution < 1.29 is 14.4 Å². The van der Waals surface area contributed by atoms with E-state index in [0.717, 1.165) is 24.0 Å². The predicted octanol–water partition coefficient (Wildman–Crippen LogP) is 3.34. The maximum atomic E-state index is 12.9. The van der Waals surface area contributed by atoms with E-state index in [0.29, 0.717) is 41.4 Å². The summed E-state index contributed by atoms with van der Waals surface area (Å²) in [6.07, 6.45) is 5.71. The van der Waals surface area contributed by atoms with Gasteiger partial charge in [-0.15, -0.1) is 0 Å². The Kier molecular flexibility index (Phi) is 7.37. The highest BCUT2D eigenvalue weighted by molar-refractivity contribution is 6.04. The van der Waals surface area contributed by atoms with E-state index in [4.69, 9.17) is 16.6 Å². The molecule has 0 spiro atoms. The Bertz CT molecular complexity index is 1350. The van der Waals surface area contributed by atoms with Crippen LogP contribution in [0.4, 0.5) is 5.82 Å². The van der Waals surface area contributed by atoms with Gasteiger partial charge in [0.1, 0.15) is 11.5 Å². The summed E-state index contributed by atoms with van der Waals surface area (Å²) < 4.78 is 1.19. The number of nitrogen functional groups attached to an aromatic ring is 1. The van der Waals surface area contributed by atoms with Crippen LogP contribution < -0.4 is 16.9 Å². The fourth-order valence-electron chi connectivity index (χ4n) is 4.43. The molecule has 2 aromatic heterocycles. The van der Waals surface area contributed by atoms with Crippen LogP contribution in [0.2, 0.25) is 0 Å². The third-order valence-corrected chi connectivity index (χ3v) is 6.24. The van der Waals surface area contributed by atoms with Gasteiger partial charge in [0.15, 0.2) is 11.5 Å². The molecule has 10 nitrogen and oxygen atoms in total. The number of anilines is 1. The molecule has 4 rings (SSSR count). The number of imidazole rings is 1. The number of hydrogen-bond donors (Lipinski definition) is 3. The maximum Gasteiger partial charge on any atom is 0.269 e. The topological polar surface area (TPSA) is 149 Å². The number of amides is 3. The van der Waals surface area contributed by atoms with Crippen molar-refractivity contribution in [1.29, 1.82) is 0 Å². The highest BCUT2D eigenvalue weighted by atomic mass is 16.2. The number of carbonyl (C=O) groups excluding carboxylic acids is 3. The van der Waals surface area contributed by atoms with Gasteiger partial charge in [0, 0.05) is 29.9 Å². The van der Waals surface area contributed by atoms with Gasteiger partial charge in [0.25, 0.3) is 11.8 Å². The summed E-state index contributed by atoms with van der Waals surface area (Å²) in [5.74, 6) is 6.01. The number of rotatable bonds is 6. The van der Waals surface area contributed by atoms with Gasteiger partial charge in [0.05, 0.1) is 6.04 Å². The maximum absolute atomic E-state index is 12.9. The number of aryl methyl sites for hydroxylation is 1. The summed E-state index contributed by atoms with van der Waals surface area (Å²) in [4.78, 5) is 48.6. The minimum absolute atomic E-state index is 0.0382. The number of nitrogens with one attached hydrogen (secondary N) is 1. The Morgan fingerprint density at radius 2 is 1.81 bits per heavy atom. The number of primary amides is 1. The van der Waals surface area contributed by atoms with Crippen LogP contribution in [0.15, 0.2) is 54.2 Å². The third-order valence-electron chi connectivity index (χ3n) is 6.24. The molecule has 1 aliphatic heterocycles. The molecule has 0 unspecified atom stereocenters. The molecule has 1 aliphatic rings. The number of likely N-dealkylation sites (tertiary alicyclic amines) is 1. The van der Waals surface area contributed by atoms with Gasteiger partial charge in [-0.3, -0.25) is 14.4 Å². The summed E-state index contributed by atoms with van der Waals surface area (Å²) >= 11 is 0. The van der Waals surface area contributed by atoms with Crippen LogP contribution in [0.5, 0.6) is 0 Å². The largest absolute Gasteiger partial charge is 0.364 e. The lowest BCUT2D eigenvalue weighted by Crippen LogP contribution is -2.40. The molecule has 1 atom stereocenters. The Balaban J connectivity index is 1.65. The first-order valence-corrected chi connectivity index (χ1v) is 12.1. The second-order valence-corrected chi connectivity index (χ2v) is 9.42. The van der Waals surface area contributed by atoms with Crippen molar-refractivity contribution in [2.75, 3.05) is 17.7 Å². The zero-order valence-corrected chi connectivity index (χ0v) is 21.2. The summed E-state index contributed by atoms with van der Waals surface area (Å²) in [5.41, 5.74) is 8.89. The second kappa shape index (κ2) is 10.7. The Morgan fingerprint density at radius 3 is 2.43 bits per heavy atom. The fraction of sp³-hybridized carbons (Fsp3) is 0.296. The second-order valence-electron chi connectivity index (χ2n) is 9.42. The molecule has 0 saturated carbocycles. The number of nitrogens with two attached hydrogens (primary N) is 2. The molecular formula is C27H31N7O3. The van der Waals surface area contributed by atoms with E-state index < -0.39 is 5.91 Å². The summed E-state index contributed by atoms with van der Waals surface area (Å²) in [6, 6.07) is 9.83. The van der Waals surface area contributed by atoms with Crippen LogP contribution in [0.1, 0.15) is 71.4 Å². The normalized spacial score (nSPS) is 15.2. The van der Waals surface area contributed by atoms with E-state index in [1.807, 2.05) is 26.8 Å². The van der Waals surface area contributed by atoms with Crippen molar-refractivity contribution >= 4 is 23.5 Å². The number of aromatic nitrogens is 3. The highest BCUT2D eigenvalue weighted by Gasteiger charge is 2.33. The highest BCUT2D eigenvalue weighted by Crippen LogP contribution is 2.33. The van der Waals surface area contributed by atoms with Crippen LogP contribution in [-0.4, -0.2) is 43.8 Å². The van der Waals surface area contributed by atoms with Crippen LogP contribution >= 0.6 is 0 Å². The molecule has 3 amide bonds. The third kappa shape index (κ3) is 5.53. The first kappa shape index (κ1) is 25.6. The molecule has 3 aromatic rings. The predicted molar refractivity (Wildman–Crippen MR) is 141 cm³/mol. The van der Waals surface area contributed by atoms with Crippen molar-refractivity contribution in [2.45, 2.75) is 46.1 Å². The lowest BCUT2D eigenvalue weighted by Gasteiger charge is -2.34. The zero-order valence-electron chi connectivity index (χ0n) is 21.2. The van der Waals surface area contributed by atoms with Gasteiger partial charge >= 0.3 is 0 Å². The Hall–Kier alpha value is -4.47. The number of allylic oxidation sites excluding steroid dienone is 1. The van der Waals surface area contributed by atoms with Crippen molar-refractivity contribution in [2.24, 2.45) is 5.73 Å². The smallest absolute Gasteiger partial charge is 0.269 e. The number of benzene rings is 1. The quantitative estimate of drug-likeness (QED) is 0.348. The molecule has 3 heterocycles. The van der Waals surface area contributed by atoms with Gasteiger partial charge in [-0.1, -0.05) is 23.8 Å². The number of hydrogen-bond acceptors (Lipinski definition) is 6. The standard InChI is InChI=1S/C27H31N7O3/c1-16(2)14-22(35)33-13-5-4-6-20(33)26-32-23(24(25(28)36)34(26)29)18-8-10-19(11-9-18)27(37)31-21-12-7-17(3)15-30-21/h7-12,14-15,20H,4-6,13,29H2,1-3H3,(H2,28,36)(H,30,31,37)/t20-/m0/s1. The molecule has 5 N–H and O–H groups in total. The summed E-state index contributed by atoms with van der Waals surface area (Å²) in [5, 5.41) is 2.75. The molecule has 37 heavy (non-hydrogen) atoms. The van der Waals surface area contributed by atoms with E-state index in [1.54, 1.807) is 47.5 Å². The first-order valence-electron chi connectivity index (χ1n) is 12.1. The van der Waals surface area contributed by atoms with Crippen LogP contribution in [0.25, 0.3) is 11.3 Å². The van der Waals surface area contributed by atoms with Crippen molar-refractivity contribution in [3.8, 4) is 11.3 Å². The molecule has 1 aromatic carbocycles. The average Bonchev–Trinajstić information content (AvgIpc) is 3.22. The number of piperidine rings is 1. The lowest BCUT2D eigenvalue weighted by atomic mass is 10.0. The van der Waals surface area contributed by atoms with Crippen molar-refractivity contribution in [3.63, 3.8) is 0 Å². The van der Waals surface area contributed by atoms with Crippen LogP contribution in [0, 0.1) is 6.92 Å². The van der Waals surface area contributed by atoms with E-state index in [-0.39, 0.29) is 23.6 Å². The molecule has 10 heteroatoms. The molecule has 1 fully saturated rings. The molecule has 0 radical (unpaired) electrons. The monoisotopic (exact) mass is 501 g/mol. The number of carbonyl (C=O) groups is 3. The molecular weight excluding hydrogens is 470 g/mol. The Morgan fingerprint density at radius 1 is 1.08 bits per heavy atom. The average molecular weight is 502 g/mol. The molecule has 0 bridgehead atoms. The van der Waals surface area contributed by atoms with E-state index >= 15 is 0 Å². The van der Waals surface area contributed by atoms with Gasteiger partial charge in [0.2, 0.25) is 5.91 Å². The van der Waals surface area contributed by atoms with Crippen molar-refractivity contribution in [1.82, 2.24) is 19.5 Å². The van der Waals surface area contributed by atoms with E-state index in [9.17, 15) is 14.4 Å². The molecule has 0 aliphatic carbocycles. The summed E-state index contributed by atoms with van der Waals surface area (Å²) in [7, 11) is 0. The van der Waals surface area contributed by atoms with Gasteiger partial charge in [-0.25, -0.2) is 14.6 Å². The van der Waals surface area contributed by atoms with Crippen LogP contribution in [-0.2, 0) is 4.79 Å². The van der Waals surface area contributed by atoms with E-state index in [2.05, 4.69) is 10.3 Å². The van der Waals surface area contributed by atoms with E-state index in [1.165, 1.54) is 4.68 Å². The first-order chi connectivity index (χ1) is 17.7. The van der Waals surface area contributed by atoms with Gasteiger partial charge in [-0.05, 0) is 63.8 Å².